The number of aromatic carboxylic acids is 1. The van der Waals surface area contributed by atoms with Crippen LogP contribution >= 0.6 is 22.9 Å². The van der Waals surface area contributed by atoms with Crippen LogP contribution in [0.1, 0.15) is 69.6 Å². The van der Waals surface area contributed by atoms with Crippen molar-refractivity contribution in [2.45, 2.75) is 58.8 Å². The van der Waals surface area contributed by atoms with Crippen molar-refractivity contribution in [1.29, 1.82) is 0 Å². The summed E-state index contributed by atoms with van der Waals surface area (Å²) >= 11 is 8.16. The molecule has 0 aliphatic carbocycles. The van der Waals surface area contributed by atoms with E-state index >= 15 is 0 Å². The van der Waals surface area contributed by atoms with Crippen LogP contribution in [0.3, 0.4) is 0 Å². The summed E-state index contributed by atoms with van der Waals surface area (Å²) in [5.41, 5.74) is 2.68. The molecule has 0 spiro atoms. The van der Waals surface area contributed by atoms with E-state index in [0.29, 0.717) is 44.1 Å². The standard InChI is InChI=1S/C36H40ClNO5S/c1-36(2,35(41)42)20-7-21-38(23-27-12-15-28(16-13-27)34(39)40)24-33(29-10-6-11-30(37)22-29)43-25-32-19-18-31(44-32)17-14-26-8-4-3-5-9-26/h3-6,8-13,15-16,18-19,22,33H,7,14,17,20-21,23-25H2,1-2H3,(H,39,40)(H,41,42). The number of hydrogen-bond donors (Lipinski definition) is 2. The molecule has 0 saturated heterocycles. The van der Waals surface area contributed by atoms with Gasteiger partial charge in [-0.05, 0) is 99.2 Å². The molecule has 0 saturated carbocycles. The molecule has 1 unspecified atom stereocenters. The van der Waals surface area contributed by atoms with E-state index in [4.69, 9.17) is 16.3 Å². The highest BCUT2D eigenvalue weighted by Gasteiger charge is 2.27. The third kappa shape index (κ3) is 10.3. The van der Waals surface area contributed by atoms with E-state index in [2.05, 4.69) is 41.3 Å². The van der Waals surface area contributed by atoms with Crippen LogP contribution < -0.4 is 0 Å². The van der Waals surface area contributed by atoms with Crippen molar-refractivity contribution >= 4 is 34.9 Å². The van der Waals surface area contributed by atoms with Gasteiger partial charge in [-0.3, -0.25) is 9.69 Å². The van der Waals surface area contributed by atoms with Crippen molar-refractivity contribution in [3.05, 3.63) is 128 Å². The van der Waals surface area contributed by atoms with E-state index in [-0.39, 0.29) is 11.7 Å². The molecule has 4 rings (SSSR count). The van der Waals surface area contributed by atoms with Gasteiger partial charge in [-0.15, -0.1) is 11.3 Å². The van der Waals surface area contributed by atoms with Gasteiger partial charge in [-0.2, -0.15) is 0 Å². The van der Waals surface area contributed by atoms with Gasteiger partial charge in [-0.25, -0.2) is 4.79 Å². The SMILES string of the molecule is CC(C)(CCCN(Cc1ccc(C(=O)O)cc1)CC(OCc1ccc(CCc2ccccc2)s1)c1cccc(Cl)c1)C(=O)O. The maximum Gasteiger partial charge on any atom is 0.335 e. The lowest BCUT2D eigenvalue weighted by atomic mass is 9.88. The van der Waals surface area contributed by atoms with Crippen molar-refractivity contribution in [2.24, 2.45) is 5.41 Å². The Morgan fingerprint density at radius 3 is 2.30 bits per heavy atom. The van der Waals surface area contributed by atoms with Crippen LogP contribution in [-0.2, 0) is 35.5 Å². The monoisotopic (exact) mass is 633 g/mol. The highest BCUT2D eigenvalue weighted by Crippen LogP contribution is 2.28. The Morgan fingerprint density at radius 2 is 1.61 bits per heavy atom. The van der Waals surface area contributed by atoms with Crippen LogP contribution in [0.2, 0.25) is 5.02 Å². The average molecular weight is 634 g/mol. The highest BCUT2D eigenvalue weighted by atomic mass is 35.5. The zero-order valence-electron chi connectivity index (χ0n) is 25.2. The van der Waals surface area contributed by atoms with E-state index in [0.717, 1.165) is 28.8 Å². The van der Waals surface area contributed by atoms with Crippen molar-refractivity contribution in [3.8, 4) is 0 Å². The molecule has 44 heavy (non-hydrogen) atoms. The molecular weight excluding hydrogens is 594 g/mol. The molecular formula is C36H40ClNO5S. The fraction of sp³-hybridized carbons (Fsp3) is 0.333. The second kappa shape index (κ2) is 16.0. The minimum atomic E-state index is -0.962. The first kappa shape index (κ1) is 33.4. The quantitative estimate of drug-likeness (QED) is 0.121. The number of hydrogen-bond acceptors (Lipinski definition) is 5. The minimum absolute atomic E-state index is 0.239. The Kier molecular flexibility index (Phi) is 12.1. The summed E-state index contributed by atoms with van der Waals surface area (Å²) in [6, 6.07) is 29.4. The Bertz CT molecular complexity index is 1500. The van der Waals surface area contributed by atoms with Crippen molar-refractivity contribution in [2.75, 3.05) is 13.1 Å². The molecule has 0 amide bonds. The molecule has 1 aromatic heterocycles. The zero-order valence-corrected chi connectivity index (χ0v) is 26.8. The first-order chi connectivity index (χ1) is 21.1. The van der Waals surface area contributed by atoms with Crippen molar-refractivity contribution in [3.63, 3.8) is 0 Å². The fourth-order valence-corrected chi connectivity index (χ4v) is 6.16. The van der Waals surface area contributed by atoms with Crippen molar-refractivity contribution in [1.82, 2.24) is 4.90 Å². The smallest absolute Gasteiger partial charge is 0.335 e. The van der Waals surface area contributed by atoms with E-state index in [1.165, 1.54) is 10.4 Å². The molecule has 3 aromatic carbocycles. The van der Waals surface area contributed by atoms with E-state index in [9.17, 15) is 19.8 Å². The molecule has 2 N–H and O–H groups in total. The first-order valence-corrected chi connectivity index (χ1v) is 16.0. The van der Waals surface area contributed by atoms with Crippen molar-refractivity contribution < 1.29 is 24.5 Å². The molecule has 0 aliphatic heterocycles. The van der Waals surface area contributed by atoms with Gasteiger partial charge in [0.05, 0.1) is 23.7 Å². The molecule has 0 radical (unpaired) electrons. The van der Waals surface area contributed by atoms with Gasteiger partial charge in [0.15, 0.2) is 0 Å². The van der Waals surface area contributed by atoms with Gasteiger partial charge in [0.2, 0.25) is 0 Å². The molecule has 0 fully saturated rings. The Balaban J connectivity index is 1.48. The number of halogens is 1. The Labute approximate surface area is 268 Å². The van der Waals surface area contributed by atoms with E-state index < -0.39 is 17.4 Å². The molecule has 0 bridgehead atoms. The summed E-state index contributed by atoms with van der Waals surface area (Å²) < 4.78 is 6.59. The number of nitrogens with zero attached hydrogens (tertiary/aromatic N) is 1. The second-order valence-corrected chi connectivity index (χ2v) is 13.4. The van der Waals surface area contributed by atoms with Gasteiger partial charge >= 0.3 is 11.9 Å². The topological polar surface area (TPSA) is 87.1 Å². The zero-order chi connectivity index (χ0) is 31.5. The van der Waals surface area contributed by atoms with Gasteiger partial charge in [-0.1, -0.05) is 66.2 Å². The number of carbonyl (C=O) groups is 2. The lowest BCUT2D eigenvalue weighted by Crippen LogP contribution is -2.32. The summed E-state index contributed by atoms with van der Waals surface area (Å²) in [6.07, 6.45) is 2.90. The summed E-state index contributed by atoms with van der Waals surface area (Å²) in [7, 11) is 0. The largest absolute Gasteiger partial charge is 0.481 e. The Morgan fingerprint density at radius 1 is 0.886 bits per heavy atom. The molecule has 0 aliphatic rings. The molecule has 1 atom stereocenters. The summed E-state index contributed by atoms with van der Waals surface area (Å²) in [4.78, 5) is 27.8. The second-order valence-electron chi connectivity index (χ2n) is 11.7. The predicted octanol–water partition coefficient (Wildman–Crippen LogP) is 8.54. The summed E-state index contributed by atoms with van der Waals surface area (Å²) in [5.74, 6) is -1.77. The number of thiophene rings is 1. The third-order valence-corrected chi connectivity index (χ3v) is 9.11. The third-order valence-electron chi connectivity index (χ3n) is 7.75. The Hall–Kier alpha value is -3.49. The predicted molar refractivity (Wildman–Crippen MR) is 176 cm³/mol. The van der Waals surface area contributed by atoms with Gasteiger partial charge < -0.3 is 14.9 Å². The lowest BCUT2D eigenvalue weighted by Gasteiger charge is -2.29. The number of benzene rings is 3. The van der Waals surface area contributed by atoms with E-state index in [1.807, 2.05) is 42.5 Å². The van der Waals surface area contributed by atoms with E-state index in [1.54, 1.807) is 37.3 Å². The number of aliphatic carboxylic acids is 1. The van der Waals surface area contributed by atoms with Crippen LogP contribution in [0.4, 0.5) is 0 Å². The number of carboxylic acid groups (broad SMARTS) is 2. The lowest BCUT2D eigenvalue weighted by molar-refractivity contribution is -0.147. The normalized spacial score (nSPS) is 12.4. The van der Waals surface area contributed by atoms with Gasteiger partial charge in [0, 0.05) is 27.9 Å². The van der Waals surface area contributed by atoms with Gasteiger partial charge in [0.25, 0.3) is 0 Å². The number of aryl methyl sites for hydroxylation is 2. The molecule has 6 nitrogen and oxygen atoms in total. The minimum Gasteiger partial charge on any atom is -0.481 e. The van der Waals surface area contributed by atoms with Crippen LogP contribution in [0, 0.1) is 5.41 Å². The van der Waals surface area contributed by atoms with Crippen LogP contribution in [-0.4, -0.2) is 40.1 Å². The maximum atomic E-state index is 11.7. The molecule has 4 aromatic rings. The maximum absolute atomic E-state index is 11.7. The van der Waals surface area contributed by atoms with Crippen LogP contribution in [0.15, 0.2) is 91.0 Å². The number of carboxylic acids is 2. The molecule has 232 valence electrons. The fourth-order valence-electron chi connectivity index (χ4n) is 5.02. The summed E-state index contributed by atoms with van der Waals surface area (Å²) in [6.45, 7) is 5.73. The number of rotatable bonds is 17. The molecule has 1 heterocycles. The summed E-state index contributed by atoms with van der Waals surface area (Å²) in [5, 5.41) is 19.6. The van der Waals surface area contributed by atoms with Crippen LogP contribution in [0.25, 0.3) is 0 Å². The number of ether oxygens (including phenoxy) is 1. The average Bonchev–Trinajstić information content (AvgIpc) is 3.46. The van der Waals surface area contributed by atoms with Gasteiger partial charge in [0.1, 0.15) is 0 Å². The first-order valence-electron chi connectivity index (χ1n) is 14.9. The highest BCUT2D eigenvalue weighted by molar-refractivity contribution is 7.11. The van der Waals surface area contributed by atoms with Crippen LogP contribution in [0.5, 0.6) is 0 Å². The molecule has 8 heteroatoms.